The molecule has 1 rings (SSSR count). The van der Waals surface area contributed by atoms with E-state index in [1.807, 2.05) is 27.7 Å². The third-order valence-corrected chi connectivity index (χ3v) is 5.47. The van der Waals surface area contributed by atoms with Crippen LogP contribution in [-0.2, 0) is 16.6 Å². The van der Waals surface area contributed by atoms with E-state index in [4.69, 9.17) is 5.73 Å². The molecule has 0 fully saturated rings. The first-order chi connectivity index (χ1) is 9.34. The lowest BCUT2D eigenvalue weighted by Crippen LogP contribution is -2.47. The standard InChI is InChI=1S/C13H26N4O2S/c1-5-9-17-10-11(12(14)15-17)20(18,19)16-13(6-2,7-3)8-4/h10,16H,5-9H2,1-4H3,(H2,14,15). The van der Waals surface area contributed by atoms with Gasteiger partial charge in [0.05, 0.1) is 0 Å². The number of anilines is 1. The zero-order valence-electron chi connectivity index (χ0n) is 12.8. The number of hydrogen-bond donors (Lipinski definition) is 2. The number of aryl methyl sites for hydroxylation is 1. The third kappa shape index (κ3) is 3.52. The topological polar surface area (TPSA) is 90.0 Å². The van der Waals surface area contributed by atoms with Gasteiger partial charge in [-0.1, -0.05) is 27.7 Å². The van der Waals surface area contributed by atoms with Gasteiger partial charge in [0, 0.05) is 18.3 Å². The van der Waals surface area contributed by atoms with Crippen molar-refractivity contribution in [1.29, 1.82) is 0 Å². The maximum atomic E-state index is 12.5. The molecule has 0 amide bonds. The molecule has 0 saturated heterocycles. The molecule has 116 valence electrons. The molecule has 0 spiro atoms. The summed E-state index contributed by atoms with van der Waals surface area (Å²) in [7, 11) is -3.64. The molecule has 1 heterocycles. The number of nitrogen functional groups attached to an aromatic ring is 1. The summed E-state index contributed by atoms with van der Waals surface area (Å²) in [5.74, 6) is 0.0585. The van der Waals surface area contributed by atoms with Gasteiger partial charge >= 0.3 is 0 Å². The van der Waals surface area contributed by atoms with Crippen LogP contribution in [0.2, 0.25) is 0 Å². The first kappa shape index (κ1) is 17.0. The Hall–Kier alpha value is -1.08. The number of nitrogens with two attached hydrogens (primary N) is 1. The second-order valence-corrected chi connectivity index (χ2v) is 6.74. The van der Waals surface area contributed by atoms with Crippen LogP contribution in [0.3, 0.4) is 0 Å². The Kier molecular flexibility index (Phi) is 5.59. The molecule has 0 unspecified atom stereocenters. The highest BCUT2D eigenvalue weighted by atomic mass is 32.2. The van der Waals surface area contributed by atoms with Crippen molar-refractivity contribution in [3.63, 3.8) is 0 Å². The monoisotopic (exact) mass is 302 g/mol. The Morgan fingerprint density at radius 2 is 1.80 bits per heavy atom. The van der Waals surface area contributed by atoms with Crippen LogP contribution >= 0.6 is 0 Å². The van der Waals surface area contributed by atoms with E-state index in [9.17, 15) is 8.42 Å². The summed E-state index contributed by atoms with van der Waals surface area (Å²) in [6.07, 6.45) is 4.59. The summed E-state index contributed by atoms with van der Waals surface area (Å²) in [6.45, 7) is 8.61. The van der Waals surface area contributed by atoms with Gasteiger partial charge in [0.2, 0.25) is 10.0 Å². The Morgan fingerprint density at radius 1 is 1.25 bits per heavy atom. The number of rotatable bonds is 8. The molecule has 7 heteroatoms. The SMILES string of the molecule is CCCn1cc(S(=O)(=O)NC(CC)(CC)CC)c(N)n1. The van der Waals surface area contributed by atoms with E-state index in [0.717, 1.165) is 25.7 Å². The summed E-state index contributed by atoms with van der Waals surface area (Å²) in [5, 5.41) is 4.05. The van der Waals surface area contributed by atoms with E-state index >= 15 is 0 Å². The summed E-state index contributed by atoms with van der Waals surface area (Å²) in [4.78, 5) is 0.0747. The average molecular weight is 302 g/mol. The Balaban J connectivity index is 3.10. The zero-order chi connectivity index (χ0) is 15.4. The average Bonchev–Trinajstić information content (AvgIpc) is 2.78. The van der Waals surface area contributed by atoms with Crippen molar-refractivity contribution in [2.75, 3.05) is 5.73 Å². The molecule has 0 aromatic carbocycles. The second kappa shape index (κ2) is 6.58. The number of nitrogens with one attached hydrogen (secondary N) is 1. The third-order valence-electron chi connectivity index (χ3n) is 3.88. The minimum absolute atomic E-state index is 0.0585. The van der Waals surface area contributed by atoms with Crippen molar-refractivity contribution in [2.45, 2.75) is 70.4 Å². The quantitative estimate of drug-likeness (QED) is 0.769. The molecular weight excluding hydrogens is 276 g/mol. The van der Waals surface area contributed by atoms with E-state index in [1.54, 1.807) is 4.68 Å². The second-order valence-electron chi connectivity index (χ2n) is 5.09. The lowest BCUT2D eigenvalue weighted by molar-refractivity contribution is 0.342. The number of sulfonamides is 1. The van der Waals surface area contributed by atoms with Gasteiger partial charge in [0.1, 0.15) is 4.90 Å². The van der Waals surface area contributed by atoms with Gasteiger partial charge < -0.3 is 5.73 Å². The smallest absolute Gasteiger partial charge is 0.246 e. The van der Waals surface area contributed by atoms with Gasteiger partial charge in [0.15, 0.2) is 5.82 Å². The highest BCUT2D eigenvalue weighted by Gasteiger charge is 2.32. The van der Waals surface area contributed by atoms with Crippen molar-refractivity contribution in [3.05, 3.63) is 6.20 Å². The fourth-order valence-electron chi connectivity index (χ4n) is 2.28. The lowest BCUT2D eigenvalue weighted by Gasteiger charge is -2.31. The van der Waals surface area contributed by atoms with E-state index in [2.05, 4.69) is 9.82 Å². The Labute approximate surface area is 121 Å². The van der Waals surface area contributed by atoms with Gasteiger partial charge in [-0.15, -0.1) is 0 Å². The molecular formula is C13H26N4O2S. The van der Waals surface area contributed by atoms with Gasteiger partial charge in [-0.25, -0.2) is 13.1 Å². The summed E-state index contributed by atoms with van der Waals surface area (Å²) >= 11 is 0. The largest absolute Gasteiger partial charge is 0.381 e. The van der Waals surface area contributed by atoms with E-state index in [1.165, 1.54) is 6.20 Å². The number of hydrogen-bond acceptors (Lipinski definition) is 4. The molecule has 6 nitrogen and oxygen atoms in total. The van der Waals surface area contributed by atoms with E-state index < -0.39 is 15.6 Å². The van der Waals surface area contributed by atoms with Gasteiger partial charge in [0.25, 0.3) is 0 Å². The van der Waals surface area contributed by atoms with Crippen molar-refractivity contribution >= 4 is 15.8 Å². The molecule has 0 bridgehead atoms. The van der Waals surface area contributed by atoms with Gasteiger partial charge in [-0.05, 0) is 25.7 Å². The Bertz CT molecular complexity index is 524. The van der Waals surface area contributed by atoms with Crippen LogP contribution in [0.4, 0.5) is 5.82 Å². The summed E-state index contributed by atoms with van der Waals surface area (Å²) in [5.41, 5.74) is 5.33. The zero-order valence-corrected chi connectivity index (χ0v) is 13.6. The molecule has 0 saturated carbocycles. The van der Waals surface area contributed by atoms with Crippen LogP contribution in [0.15, 0.2) is 11.1 Å². The highest BCUT2D eigenvalue weighted by molar-refractivity contribution is 7.89. The molecule has 1 aromatic heterocycles. The molecule has 20 heavy (non-hydrogen) atoms. The van der Waals surface area contributed by atoms with Gasteiger partial charge in [-0.3, -0.25) is 4.68 Å². The number of aromatic nitrogens is 2. The van der Waals surface area contributed by atoms with Crippen molar-refractivity contribution < 1.29 is 8.42 Å². The molecule has 0 radical (unpaired) electrons. The maximum absolute atomic E-state index is 12.5. The molecule has 0 aliphatic rings. The Morgan fingerprint density at radius 3 is 2.25 bits per heavy atom. The predicted molar refractivity (Wildman–Crippen MR) is 80.9 cm³/mol. The predicted octanol–water partition coefficient (Wildman–Crippen LogP) is 2.12. The van der Waals surface area contributed by atoms with Crippen molar-refractivity contribution in [1.82, 2.24) is 14.5 Å². The van der Waals surface area contributed by atoms with Crippen LogP contribution in [0.1, 0.15) is 53.4 Å². The summed E-state index contributed by atoms with van der Waals surface area (Å²) in [6, 6.07) is 0. The van der Waals surface area contributed by atoms with Crippen LogP contribution in [0, 0.1) is 0 Å². The van der Waals surface area contributed by atoms with Crippen molar-refractivity contribution in [2.24, 2.45) is 0 Å². The number of nitrogens with zero attached hydrogens (tertiary/aromatic N) is 2. The summed E-state index contributed by atoms with van der Waals surface area (Å²) < 4.78 is 29.4. The minimum atomic E-state index is -3.64. The van der Waals surface area contributed by atoms with Gasteiger partial charge in [-0.2, -0.15) is 5.10 Å². The van der Waals surface area contributed by atoms with Crippen LogP contribution in [-0.4, -0.2) is 23.7 Å². The molecule has 0 atom stereocenters. The van der Waals surface area contributed by atoms with Crippen LogP contribution in [0.5, 0.6) is 0 Å². The first-order valence-electron chi connectivity index (χ1n) is 7.21. The lowest BCUT2D eigenvalue weighted by atomic mass is 9.91. The van der Waals surface area contributed by atoms with E-state index in [-0.39, 0.29) is 10.7 Å². The highest BCUT2D eigenvalue weighted by Crippen LogP contribution is 2.24. The molecule has 0 aliphatic heterocycles. The molecule has 3 N–H and O–H groups in total. The molecule has 0 aliphatic carbocycles. The van der Waals surface area contributed by atoms with Crippen LogP contribution in [0.25, 0.3) is 0 Å². The normalized spacial score (nSPS) is 12.8. The first-order valence-corrected chi connectivity index (χ1v) is 8.69. The fourth-order valence-corrected chi connectivity index (χ4v) is 3.96. The fraction of sp³-hybridized carbons (Fsp3) is 0.769. The minimum Gasteiger partial charge on any atom is -0.381 e. The van der Waals surface area contributed by atoms with Crippen LogP contribution < -0.4 is 10.5 Å². The molecule has 1 aromatic rings. The maximum Gasteiger partial charge on any atom is 0.246 e. The van der Waals surface area contributed by atoms with E-state index in [0.29, 0.717) is 6.54 Å². The van der Waals surface area contributed by atoms with Crippen molar-refractivity contribution in [3.8, 4) is 0 Å².